The normalized spacial score (nSPS) is 17.0. The number of aldehydes is 1. The summed E-state index contributed by atoms with van der Waals surface area (Å²) in [4.78, 5) is 21.4. The fourth-order valence-electron chi connectivity index (χ4n) is 6.64. The number of carbonyl (C=O) groups excluding carboxylic acids is 1. The molecule has 3 aromatic rings. The molecule has 0 radical (unpaired) electrons. The van der Waals surface area contributed by atoms with E-state index in [0.717, 1.165) is 92.7 Å². The minimum absolute atomic E-state index is 0.0476. The highest BCUT2D eigenvalue weighted by Gasteiger charge is 2.28. The number of thiol groups is 1. The number of hydrazine groups is 1. The number of aromatic nitrogens is 2. The van der Waals surface area contributed by atoms with Gasteiger partial charge in [0.25, 0.3) is 0 Å². The van der Waals surface area contributed by atoms with Crippen molar-refractivity contribution in [3.63, 3.8) is 0 Å². The molecule has 4 rings (SSSR count). The summed E-state index contributed by atoms with van der Waals surface area (Å²) in [6, 6.07) is 11.1. The minimum Gasteiger partial charge on any atom is -0.340 e. The molecule has 2 unspecified atom stereocenters. The number of benzene rings is 1. The molecule has 2 atom stereocenters. The number of carbonyl (C=O) groups is 1. The van der Waals surface area contributed by atoms with Gasteiger partial charge in [0.15, 0.2) is 0 Å². The Bertz CT molecular complexity index is 1580. The molecule has 1 fully saturated rings. The number of pyridine rings is 1. The lowest BCUT2D eigenvalue weighted by Crippen LogP contribution is -2.46. The molecule has 1 aliphatic rings. The van der Waals surface area contributed by atoms with Gasteiger partial charge in [-0.2, -0.15) is 12.6 Å². The molecule has 0 spiro atoms. The molecule has 1 N–H and O–H groups in total. The van der Waals surface area contributed by atoms with Crippen molar-refractivity contribution in [1.82, 2.24) is 20.0 Å². The van der Waals surface area contributed by atoms with E-state index in [1.807, 2.05) is 6.20 Å². The molecular weight excluding hydrogens is 587 g/mol. The van der Waals surface area contributed by atoms with Gasteiger partial charge in [-0.05, 0) is 107 Å². The first-order valence-corrected chi connectivity index (χ1v) is 17.7. The van der Waals surface area contributed by atoms with Crippen LogP contribution in [-0.4, -0.2) is 38.5 Å². The van der Waals surface area contributed by atoms with Gasteiger partial charge < -0.3 is 14.4 Å². The van der Waals surface area contributed by atoms with Crippen LogP contribution >= 0.6 is 12.6 Å². The van der Waals surface area contributed by atoms with Crippen molar-refractivity contribution in [3.8, 4) is 11.3 Å². The molecule has 0 aliphatic carbocycles. The van der Waals surface area contributed by atoms with Crippen molar-refractivity contribution >= 4 is 41.2 Å². The average molecular weight is 642 g/mol. The Hall–Kier alpha value is -3.16. The highest BCUT2D eigenvalue weighted by molar-refractivity contribution is 7.80. The first kappa shape index (κ1) is 35.7. The van der Waals surface area contributed by atoms with Crippen LogP contribution in [0.3, 0.4) is 0 Å². The van der Waals surface area contributed by atoms with Crippen molar-refractivity contribution < 1.29 is 4.79 Å². The molecule has 1 aromatic carbocycles. The lowest BCUT2D eigenvalue weighted by atomic mass is 9.80. The predicted octanol–water partition coefficient (Wildman–Crippen LogP) is 9.76. The standard InChI is InChI=1S/C39H55N5OS/c1-9-27(4)37-31(15-12-22-40-37)38-33(26-39(7,8)21-14-24-45)32-25-30(19-20-35(32)43(38)11-3)34(10-2)41-28(5)17-18-29(6)44-23-13-16-36(46)42-44/h10,12,15,19-20,22,24-25,27,36,42,46H,6,9,11,13-14,16-18,21,23,26H2,1-5,7-8H3/b34-10-,41-28?. The number of nitrogens with one attached hydrogen (secondary N) is 1. The summed E-state index contributed by atoms with van der Waals surface area (Å²) >= 11 is 4.60. The van der Waals surface area contributed by atoms with E-state index in [9.17, 15) is 4.79 Å². The van der Waals surface area contributed by atoms with Gasteiger partial charge in [-0.15, -0.1) is 0 Å². The second-order valence-corrected chi connectivity index (χ2v) is 14.2. The van der Waals surface area contributed by atoms with Gasteiger partial charge in [-0.3, -0.25) is 9.98 Å². The third-order valence-corrected chi connectivity index (χ3v) is 9.83. The third-order valence-electron chi connectivity index (χ3n) is 9.45. The lowest BCUT2D eigenvalue weighted by molar-refractivity contribution is -0.108. The third kappa shape index (κ3) is 8.40. The Morgan fingerprint density at radius 1 is 1.26 bits per heavy atom. The fourth-order valence-corrected chi connectivity index (χ4v) is 6.96. The van der Waals surface area contributed by atoms with Crippen LogP contribution in [0, 0.1) is 5.41 Å². The van der Waals surface area contributed by atoms with E-state index in [1.54, 1.807) is 0 Å². The van der Waals surface area contributed by atoms with Crippen LogP contribution in [0.1, 0.15) is 116 Å². The lowest BCUT2D eigenvalue weighted by Gasteiger charge is -2.34. The first-order valence-electron chi connectivity index (χ1n) is 17.2. The molecule has 7 heteroatoms. The van der Waals surface area contributed by atoms with Crippen LogP contribution in [0.4, 0.5) is 0 Å². The minimum atomic E-state index is -0.0476. The number of hydrogen-bond donors (Lipinski definition) is 2. The molecular formula is C39H55N5OS. The van der Waals surface area contributed by atoms with Crippen LogP contribution in [-0.2, 0) is 17.8 Å². The van der Waals surface area contributed by atoms with Crippen LogP contribution in [0.5, 0.6) is 0 Å². The maximum atomic E-state index is 11.4. The predicted molar refractivity (Wildman–Crippen MR) is 199 cm³/mol. The van der Waals surface area contributed by atoms with E-state index in [4.69, 9.17) is 9.98 Å². The summed E-state index contributed by atoms with van der Waals surface area (Å²) in [5.74, 6) is 0.346. The molecule has 0 amide bonds. The summed E-state index contributed by atoms with van der Waals surface area (Å²) in [6.45, 7) is 21.6. The van der Waals surface area contributed by atoms with Crippen molar-refractivity contribution in [2.45, 2.75) is 118 Å². The molecule has 1 saturated heterocycles. The van der Waals surface area contributed by atoms with E-state index >= 15 is 0 Å². The van der Waals surface area contributed by atoms with Crippen molar-refractivity contribution in [1.29, 1.82) is 0 Å². The highest BCUT2D eigenvalue weighted by atomic mass is 32.1. The number of aryl methyl sites for hydroxylation is 1. The van der Waals surface area contributed by atoms with E-state index in [2.05, 4.69) is 119 Å². The van der Waals surface area contributed by atoms with Gasteiger partial charge in [0.2, 0.25) is 0 Å². The number of rotatable bonds is 15. The summed E-state index contributed by atoms with van der Waals surface area (Å²) in [5.41, 5.74) is 13.8. The van der Waals surface area contributed by atoms with Crippen LogP contribution in [0.2, 0.25) is 0 Å². The Balaban J connectivity index is 1.77. The van der Waals surface area contributed by atoms with Crippen molar-refractivity contribution in [3.05, 3.63) is 71.7 Å². The van der Waals surface area contributed by atoms with E-state index < -0.39 is 0 Å². The number of hydrogen-bond acceptors (Lipinski definition) is 6. The van der Waals surface area contributed by atoms with E-state index in [0.29, 0.717) is 12.3 Å². The smallest absolute Gasteiger partial charge is 0.120 e. The second kappa shape index (κ2) is 16.1. The molecule has 2 aromatic heterocycles. The van der Waals surface area contributed by atoms with Gasteiger partial charge in [-0.1, -0.05) is 46.4 Å². The van der Waals surface area contributed by atoms with E-state index in [-0.39, 0.29) is 10.8 Å². The number of aliphatic imine (C=N–C) groups is 1. The molecule has 0 saturated carbocycles. The Kier molecular flexibility index (Phi) is 12.5. The zero-order valence-electron chi connectivity index (χ0n) is 29.2. The van der Waals surface area contributed by atoms with Crippen LogP contribution < -0.4 is 5.43 Å². The highest BCUT2D eigenvalue weighted by Crippen LogP contribution is 2.42. The number of allylic oxidation sites excluding steroid dienone is 2. The average Bonchev–Trinajstić information content (AvgIpc) is 3.36. The van der Waals surface area contributed by atoms with Crippen molar-refractivity contribution in [2.75, 3.05) is 6.54 Å². The summed E-state index contributed by atoms with van der Waals surface area (Å²) < 4.78 is 2.46. The summed E-state index contributed by atoms with van der Waals surface area (Å²) in [5, 5.41) is 3.60. The molecule has 1 aliphatic heterocycles. The zero-order valence-corrected chi connectivity index (χ0v) is 30.1. The first-order chi connectivity index (χ1) is 22.0. The molecule has 3 heterocycles. The van der Waals surface area contributed by atoms with Crippen LogP contribution in [0.25, 0.3) is 27.9 Å². The largest absolute Gasteiger partial charge is 0.340 e. The monoisotopic (exact) mass is 641 g/mol. The quantitative estimate of drug-likeness (QED) is 0.0985. The number of fused-ring (bicyclic) bond motifs is 1. The Labute approximate surface area is 282 Å². The second-order valence-electron chi connectivity index (χ2n) is 13.6. The van der Waals surface area contributed by atoms with Gasteiger partial charge in [0.1, 0.15) is 6.29 Å². The maximum Gasteiger partial charge on any atom is 0.120 e. The Morgan fingerprint density at radius 3 is 2.72 bits per heavy atom. The zero-order chi connectivity index (χ0) is 33.4. The maximum absolute atomic E-state index is 11.4. The Morgan fingerprint density at radius 2 is 2.04 bits per heavy atom. The SMILES string of the molecule is C=C(CCC(C)=N/C(=C\C)c1ccc2c(c1)c(CC(C)(C)CCC=O)c(-c1cccnc1C(C)CC)n2CC)N1CCCC(S)N1. The molecule has 248 valence electrons. The summed E-state index contributed by atoms with van der Waals surface area (Å²) in [6.07, 6.45) is 12.3. The molecule has 0 bridgehead atoms. The van der Waals surface area contributed by atoms with Gasteiger partial charge in [-0.25, -0.2) is 5.43 Å². The van der Waals surface area contributed by atoms with Gasteiger partial charge in [0, 0.05) is 59.1 Å². The van der Waals surface area contributed by atoms with Crippen molar-refractivity contribution in [2.24, 2.45) is 10.4 Å². The fraction of sp³-hybridized carbons (Fsp3) is 0.513. The van der Waals surface area contributed by atoms with Gasteiger partial charge in [0.05, 0.1) is 22.5 Å². The number of nitrogens with zero attached hydrogens (tertiary/aromatic N) is 4. The van der Waals surface area contributed by atoms with Crippen LogP contribution in [0.15, 0.2) is 59.9 Å². The van der Waals surface area contributed by atoms with Gasteiger partial charge >= 0.3 is 0 Å². The van der Waals surface area contributed by atoms with E-state index in [1.165, 1.54) is 27.7 Å². The molecule has 6 nitrogen and oxygen atoms in total. The molecule has 46 heavy (non-hydrogen) atoms. The summed E-state index contributed by atoms with van der Waals surface area (Å²) in [7, 11) is 0. The topological polar surface area (TPSA) is 62.5 Å².